The van der Waals surface area contributed by atoms with Crippen LogP contribution in [0.4, 0.5) is 0 Å². The van der Waals surface area contributed by atoms with E-state index in [4.69, 9.17) is 28.9 Å². The Bertz CT molecular complexity index is 2180. The third-order valence-corrected chi connectivity index (χ3v) is 8.70. The van der Waals surface area contributed by atoms with Crippen LogP contribution in [0.2, 0.25) is 0 Å². The molecule has 0 saturated carbocycles. The van der Waals surface area contributed by atoms with E-state index in [2.05, 4.69) is 15.8 Å². The smallest absolute Gasteiger partial charge is 0.343 e. The number of fused-ring (bicyclic) bond motifs is 1. The molecule has 13 heteroatoms. The molecular weight excluding hydrogens is 674 g/mol. The number of carbonyl (C=O) groups is 2. The van der Waals surface area contributed by atoms with E-state index in [1.54, 1.807) is 69.3 Å². The number of hydrogen-bond acceptors (Lipinski definition) is 12. The maximum atomic E-state index is 14.2. The summed E-state index contributed by atoms with van der Waals surface area (Å²) in [6.07, 6.45) is 1.74. The highest BCUT2D eigenvalue weighted by Crippen LogP contribution is 2.36. The number of allylic oxidation sites excluding steroid dienone is 1. The summed E-state index contributed by atoms with van der Waals surface area (Å²) >= 11 is 1.19. The second-order valence-corrected chi connectivity index (χ2v) is 12.1. The van der Waals surface area contributed by atoms with Gasteiger partial charge in [-0.3, -0.25) is 9.36 Å². The Balaban J connectivity index is 1.55. The van der Waals surface area contributed by atoms with E-state index in [0.717, 1.165) is 5.56 Å². The zero-order valence-electron chi connectivity index (χ0n) is 28.9. The number of rotatable bonds is 14. The number of methoxy groups -OCH3 is 1. The number of esters is 2. The van der Waals surface area contributed by atoms with E-state index >= 15 is 0 Å². The van der Waals surface area contributed by atoms with Crippen molar-refractivity contribution in [3.8, 4) is 29.1 Å². The van der Waals surface area contributed by atoms with Crippen LogP contribution in [0, 0.1) is 11.3 Å². The second-order valence-electron chi connectivity index (χ2n) is 11.0. The summed E-state index contributed by atoms with van der Waals surface area (Å²) in [6, 6.07) is 18.8. The Kier molecular flexibility index (Phi) is 11.9. The molecule has 0 amide bonds. The summed E-state index contributed by atoms with van der Waals surface area (Å²) in [5.41, 5.74) is 2.97. The number of nitriles is 1. The van der Waals surface area contributed by atoms with Crippen molar-refractivity contribution in [1.29, 1.82) is 5.26 Å². The lowest BCUT2D eigenvalue weighted by Gasteiger charge is -2.25. The van der Waals surface area contributed by atoms with Crippen molar-refractivity contribution >= 4 is 29.4 Å². The molecule has 0 bridgehead atoms. The Labute approximate surface area is 298 Å². The van der Waals surface area contributed by atoms with Crippen LogP contribution in [0.25, 0.3) is 6.08 Å². The van der Waals surface area contributed by atoms with Gasteiger partial charge in [0, 0.05) is 0 Å². The summed E-state index contributed by atoms with van der Waals surface area (Å²) in [7, 11) is 1.27. The van der Waals surface area contributed by atoms with Gasteiger partial charge in [-0.1, -0.05) is 35.6 Å². The topological polar surface area (TPSA) is 148 Å². The lowest BCUT2D eigenvalue weighted by Crippen LogP contribution is -2.40. The number of aromatic nitrogens is 1. The van der Waals surface area contributed by atoms with E-state index in [-0.39, 0.29) is 31.0 Å². The number of nitrogens with zero attached hydrogens (tertiary/aromatic N) is 3. The van der Waals surface area contributed by atoms with Gasteiger partial charge < -0.3 is 28.4 Å². The SMILES string of the molecule is CCOC(=O)C1=C(C)N=c2s/c(=C/c3ccc(OCc4ccc(C#N)cc4)c(OCC)c3)c(=O)n2[C@H]1c1ccc(OCC(=O)OC)c(OCC)c1. The summed E-state index contributed by atoms with van der Waals surface area (Å²) < 4.78 is 35.4. The molecule has 2 heterocycles. The van der Waals surface area contributed by atoms with Crippen LogP contribution in [-0.2, 0) is 25.7 Å². The Morgan fingerprint density at radius 2 is 1.59 bits per heavy atom. The fourth-order valence-corrected chi connectivity index (χ4v) is 6.42. The van der Waals surface area contributed by atoms with E-state index in [1.807, 2.05) is 25.1 Å². The van der Waals surface area contributed by atoms with Crippen LogP contribution in [-0.4, -0.2) is 50.0 Å². The van der Waals surface area contributed by atoms with Crippen molar-refractivity contribution in [2.75, 3.05) is 33.5 Å². The molecule has 3 aromatic carbocycles. The van der Waals surface area contributed by atoms with Gasteiger partial charge in [-0.2, -0.15) is 5.26 Å². The Hall–Kier alpha value is -5.87. The number of carbonyl (C=O) groups excluding carboxylic acids is 2. The average molecular weight is 712 g/mol. The molecule has 264 valence electrons. The third kappa shape index (κ3) is 8.30. The van der Waals surface area contributed by atoms with Gasteiger partial charge in [-0.05, 0) is 86.9 Å². The van der Waals surface area contributed by atoms with Crippen molar-refractivity contribution in [2.24, 2.45) is 4.99 Å². The Morgan fingerprint density at radius 1 is 0.902 bits per heavy atom. The molecule has 5 rings (SSSR count). The highest BCUT2D eigenvalue weighted by Gasteiger charge is 2.34. The zero-order valence-corrected chi connectivity index (χ0v) is 29.7. The third-order valence-electron chi connectivity index (χ3n) is 7.72. The minimum absolute atomic E-state index is 0.132. The van der Waals surface area contributed by atoms with E-state index < -0.39 is 18.0 Å². The predicted octanol–water partition coefficient (Wildman–Crippen LogP) is 4.60. The molecule has 0 N–H and O–H groups in total. The molecule has 0 spiro atoms. The molecule has 0 radical (unpaired) electrons. The number of hydrogen-bond donors (Lipinski definition) is 0. The first-order valence-corrected chi connectivity index (χ1v) is 17.1. The van der Waals surface area contributed by atoms with Crippen molar-refractivity contribution < 1.29 is 38.0 Å². The summed E-state index contributed by atoms with van der Waals surface area (Å²) in [4.78, 5) is 44.4. The maximum absolute atomic E-state index is 14.2. The van der Waals surface area contributed by atoms with Gasteiger partial charge >= 0.3 is 11.9 Å². The van der Waals surface area contributed by atoms with Gasteiger partial charge in [0.1, 0.15) is 6.61 Å². The average Bonchev–Trinajstić information content (AvgIpc) is 3.43. The standard InChI is InChI=1S/C38H37N3O9S/c1-6-46-30-17-26(13-15-28(30)49-21-25-11-9-24(20-39)10-12-25)18-32-36(43)41-35(34(37(44)48-8-3)23(4)40-38(41)51-32)27-14-16-29(31(19-27)47-7-2)50-22-33(42)45-5/h9-19,35H,6-8,21-22H2,1-5H3/b32-18+/t35-/m0/s1. The molecular formula is C38H37N3O9S. The molecule has 1 aromatic heterocycles. The molecule has 1 atom stereocenters. The molecule has 1 aliphatic heterocycles. The monoisotopic (exact) mass is 711 g/mol. The molecule has 12 nitrogen and oxygen atoms in total. The molecule has 0 unspecified atom stereocenters. The first kappa shape index (κ1) is 36.4. The minimum Gasteiger partial charge on any atom is -0.490 e. The highest BCUT2D eigenvalue weighted by molar-refractivity contribution is 7.07. The van der Waals surface area contributed by atoms with Crippen LogP contribution in [0.1, 0.15) is 56.0 Å². The maximum Gasteiger partial charge on any atom is 0.343 e. The molecule has 0 saturated heterocycles. The zero-order chi connectivity index (χ0) is 36.5. The molecule has 0 aliphatic carbocycles. The van der Waals surface area contributed by atoms with Crippen LogP contribution in [0.5, 0.6) is 23.0 Å². The molecule has 4 aromatic rings. The van der Waals surface area contributed by atoms with Crippen molar-refractivity contribution in [3.05, 3.63) is 114 Å². The lowest BCUT2D eigenvalue weighted by molar-refractivity contribution is -0.143. The van der Waals surface area contributed by atoms with E-state index in [0.29, 0.717) is 67.9 Å². The summed E-state index contributed by atoms with van der Waals surface area (Å²) in [5, 5.41) is 9.07. The first-order chi connectivity index (χ1) is 24.7. The van der Waals surface area contributed by atoms with Crippen LogP contribution in [0.15, 0.2) is 81.7 Å². The fourth-order valence-electron chi connectivity index (χ4n) is 5.37. The van der Waals surface area contributed by atoms with Crippen molar-refractivity contribution in [3.63, 3.8) is 0 Å². The van der Waals surface area contributed by atoms with Crippen molar-refractivity contribution in [2.45, 2.75) is 40.3 Å². The summed E-state index contributed by atoms with van der Waals surface area (Å²) in [5.74, 6) is 0.494. The van der Waals surface area contributed by atoms with Crippen LogP contribution >= 0.6 is 11.3 Å². The predicted molar refractivity (Wildman–Crippen MR) is 189 cm³/mol. The highest BCUT2D eigenvalue weighted by atomic mass is 32.1. The first-order valence-electron chi connectivity index (χ1n) is 16.3. The van der Waals surface area contributed by atoms with Gasteiger partial charge in [0.2, 0.25) is 0 Å². The van der Waals surface area contributed by atoms with Gasteiger partial charge in [-0.25, -0.2) is 14.6 Å². The van der Waals surface area contributed by atoms with E-state index in [1.165, 1.54) is 23.0 Å². The summed E-state index contributed by atoms with van der Waals surface area (Å²) in [6.45, 7) is 7.85. The quantitative estimate of drug-likeness (QED) is 0.170. The lowest BCUT2D eigenvalue weighted by atomic mass is 9.95. The van der Waals surface area contributed by atoms with Gasteiger partial charge in [0.15, 0.2) is 34.4 Å². The van der Waals surface area contributed by atoms with Gasteiger partial charge in [0.25, 0.3) is 5.56 Å². The minimum atomic E-state index is -0.895. The normalized spacial score (nSPS) is 13.8. The van der Waals surface area contributed by atoms with Crippen molar-refractivity contribution in [1.82, 2.24) is 4.57 Å². The number of ether oxygens (including phenoxy) is 6. The number of thiazole rings is 1. The van der Waals surface area contributed by atoms with Gasteiger partial charge in [0.05, 0.1) is 60.4 Å². The van der Waals surface area contributed by atoms with Gasteiger partial charge in [-0.15, -0.1) is 0 Å². The van der Waals surface area contributed by atoms with Crippen LogP contribution < -0.4 is 33.8 Å². The molecule has 51 heavy (non-hydrogen) atoms. The molecule has 0 fully saturated rings. The second kappa shape index (κ2) is 16.7. The number of benzene rings is 3. The Morgan fingerprint density at radius 3 is 2.25 bits per heavy atom. The van der Waals surface area contributed by atoms with Crippen LogP contribution in [0.3, 0.4) is 0 Å². The molecule has 1 aliphatic rings. The fraction of sp³-hybridized carbons (Fsp3) is 0.289. The largest absolute Gasteiger partial charge is 0.490 e. The van der Waals surface area contributed by atoms with E-state index in [9.17, 15) is 14.4 Å².